The fourth-order valence-corrected chi connectivity index (χ4v) is 2.51. The number of amides is 1. The quantitative estimate of drug-likeness (QED) is 0.885. The van der Waals surface area contributed by atoms with Gasteiger partial charge in [0.25, 0.3) is 0 Å². The van der Waals surface area contributed by atoms with Gasteiger partial charge in [-0.25, -0.2) is 4.79 Å². The van der Waals surface area contributed by atoms with E-state index in [4.69, 9.17) is 9.84 Å². The van der Waals surface area contributed by atoms with Gasteiger partial charge in [-0.1, -0.05) is 0 Å². The molecule has 114 valence electrons. The summed E-state index contributed by atoms with van der Waals surface area (Å²) in [6.45, 7) is 3.01. The molecule has 2 rings (SSSR count). The highest BCUT2D eigenvalue weighted by molar-refractivity contribution is 5.89. The van der Waals surface area contributed by atoms with E-state index in [1.807, 2.05) is 4.90 Å². The van der Waals surface area contributed by atoms with Crippen LogP contribution < -0.4 is 10.1 Å². The molecule has 6 heteroatoms. The van der Waals surface area contributed by atoms with Crippen molar-refractivity contribution in [2.45, 2.75) is 25.8 Å². The monoisotopic (exact) mass is 292 g/mol. The number of ether oxygens (including phenoxy) is 1. The van der Waals surface area contributed by atoms with Crippen LogP contribution in [0.2, 0.25) is 0 Å². The number of nitrogens with zero attached hydrogens (tertiary/aromatic N) is 1. The zero-order valence-corrected chi connectivity index (χ0v) is 12.3. The highest BCUT2D eigenvalue weighted by Crippen LogP contribution is 2.28. The van der Waals surface area contributed by atoms with Gasteiger partial charge in [0.2, 0.25) is 5.91 Å². The molecule has 1 aromatic rings. The third-order valence-corrected chi connectivity index (χ3v) is 3.75. The van der Waals surface area contributed by atoms with Crippen LogP contribution >= 0.6 is 0 Å². The summed E-state index contributed by atoms with van der Waals surface area (Å²) in [5.41, 5.74) is 0.901. The van der Waals surface area contributed by atoms with Crippen molar-refractivity contribution in [3.8, 4) is 5.75 Å². The SMILES string of the molecule is COc1ccc(C(=O)O)cc1NC1CCN(C(C)=O)CC1. The van der Waals surface area contributed by atoms with Crippen LogP contribution in [-0.2, 0) is 4.79 Å². The predicted molar refractivity (Wildman–Crippen MR) is 78.9 cm³/mol. The Kier molecular flexibility index (Phi) is 4.67. The fraction of sp³-hybridized carbons (Fsp3) is 0.467. The van der Waals surface area contributed by atoms with Crippen LogP contribution in [0.15, 0.2) is 18.2 Å². The molecule has 1 amide bonds. The molecule has 0 spiro atoms. The van der Waals surface area contributed by atoms with Crippen LogP contribution in [0.5, 0.6) is 5.75 Å². The summed E-state index contributed by atoms with van der Waals surface area (Å²) < 4.78 is 5.26. The number of aromatic carboxylic acids is 1. The number of carboxylic acids is 1. The molecule has 1 fully saturated rings. The van der Waals surface area contributed by atoms with E-state index in [1.54, 1.807) is 26.2 Å². The van der Waals surface area contributed by atoms with Gasteiger partial charge >= 0.3 is 5.97 Å². The number of carboxylic acid groups (broad SMARTS) is 1. The number of carbonyl (C=O) groups excluding carboxylic acids is 1. The number of anilines is 1. The smallest absolute Gasteiger partial charge is 0.335 e. The molecule has 1 heterocycles. The molecule has 1 aliphatic rings. The summed E-state index contributed by atoms with van der Waals surface area (Å²) in [6, 6.07) is 4.96. The standard InChI is InChI=1S/C15H20N2O4/c1-10(18)17-7-5-12(6-8-17)16-13-9-11(15(19)20)3-4-14(13)21-2/h3-4,9,12,16H,5-8H2,1-2H3,(H,19,20). The lowest BCUT2D eigenvalue weighted by Crippen LogP contribution is -2.41. The fourth-order valence-electron chi connectivity index (χ4n) is 2.51. The second-order valence-corrected chi connectivity index (χ2v) is 5.14. The van der Waals surface area contributed by atoms with Crippen LogP contribution in [0.3, 0.4) is 0 Å². The van der Waals surface area contributed by atoms with Crippen LogP contribution in [-0.4, -0.2) is 48.1 Å². The van der Waals surface area contributed by atoms with Gasteiger partial charge in [0.05, 0.1) is 18.4 Å². The third-order valence-electron chi connectivity index (χ3n) is 3.75. The topological polar surface area (TPSA) is 78.9 Å². The molecule has 0 saturated carbocycles. The lowest BCUT2D eigenvalue weighted by atomic mass is 10.0. The zero-order chi connectivity index (χ0) is 15.4. The summed E-state index contributed by atoms with van der Waals surface area (Å²) >= 11 is 0. The van der Waals surface area contributed by atoms with Gasteiger partial charge in [-0.05, 0) is 31.0 Å². The largest absolute Gasteiger partial charge is 0.495 e. The minimum atomic E-state index is -0.966. The van der Waals surface area contributed by atoms with Gasteiger partial charge in [-0.2, -0.15) is 0 Å². The maximum atomic E-state index is 11.3. The van der Waals surface area contributed by atoms with E-state index in [1.165, 1.54) is 6.07 Å². The summed E-state index contributed by atoms with van der Waals surface area (Å²) in [6.07, 6.45) is 1.67. The van der Waals surface area contributed by atoms with Crippen molar-refractivity contribution in [1.29, 1.82) is 0 Å². The molecule has 0 radical (unpaired) electrons. The second kappa shape index (κ2) is 6.47. The predicted octanol–water partition coefficient (Wildman–Crippen LogP) is 1.82. The third kappa shape index (κ3) is 3.65. The molecule has 1 saturated heterocycles. The number of likely N-dealkylation sites (tertiary alicyclic amines) is 1. The molecule has 2 N–H and O–H groups in total. The Balaban J connectivity index is 2.07. The minimum absolute atomic E-state index is 0.0962. The maximum absolute atomic E-state index is 11.3. The first-order valence-corrected chi connectivity index (χ1v) is 6.94. The molecule has 0 aliphatic carbocycles. The van der Waals surface area contributed by atoms with E-state index in [2.05, 4.69) is 5.32 Å². The number of hydrogen-bond donors (Lipinski definition) is 2. The molecule has 21 heavy (non-hydrogen) atoms. The van der Waals surface area contributed by atoms with Crippen molar-refractivity contribution in [1.82, 2.24) is 4.90 Å². The van der Waals surface area contributed by atoms with Gasteiger partial charge in [0.1, 0.15) is 5.75 Å². The van der Waals surface area contributed by atoms with Crippen molar-refractivity contribution in [3.05, 3.63) is 23.8 Å². The summed E-state index contributed by atoms with van der Waals surface area (Å²) in [4.78, 5) is 24.2. The number of carbonyl (C=O) groups is 2. The van der Waals surface area contributed by atoms with Crippen LogP contribution in [0.1, 0.15) is 30.1 Å². The number of rotatable bonds is 4. The molecular formula is C15H20N2O4. The van der Waals surface area contributed by atoms with E-state index < -0.39 is 5.97 Å². The van der Waals surface area contributed by atoms with Crippen molar-refractivity contribution >= 4 is 17.6 Å². The number of methoxy groups -OCH3 is 1. The molecule has 1 aromatic carbocycles. The summed E-state index contributed by atoms with van der Waals surface area (Å²) in [7, 11) is 1.55. The first kappa shape index (κ1) is 15.2. The maximum Gasteiger partial charge on any atom is 0.335 e. The molecule has 0 unspecified atom stereocenters. The number of benzene rings is 1. The zero-order valence-electron chi connectivity index (χ0n) is 12.3. The van der Waals surface area contributed by atoms with Crippen LogP contribution in [0.4, 0.5) is 5.69 Å². The van der Waals surface area contributed by atoms with E-state index in [-0.39, 0.29) is 17.5 Å². The Morgan fingerprint density at radius 2 is 2.00 bits per heavy atom. The van der Waals surface area contributed by atoms with Crippen molar-refractivity contribution < 1.29 is 19.4 Å². The van der Waals surface area contributed by atoms with Gasteiger partial charge < -0.3 is 20.1 Å². The van der Waals surface area contributed by atoms with E-state index in [9.17, 15) is 9.59 Å². The van der Waals surface area contributed by atoms with Gasteiger partial charge in [0.15, 0.2) is 0 Å². The summed E-state index contributed by atoms with van der Waals surface area (Å²) in [5.74, 6) is -0.250. The minimum Gasteiger partial charge on any atom is -0.495 e. The Bertz CT molecular complexity index is 536. The number of nitrogens with one attached hydrogen (secondary N) is 1. The lowest BCUT2D eigenvalue weighted by molar-refractivity contribution is -0.129. The van der Waals surface area contributed by atoms with Crippen molar-refractivity contribution in [2.75, 3.05) is 25.5 Å². The van der Waals surface area contributed by atoms with E-state index in [0.29, 0.717) is 24.5 Å². The van der Waals surface area contributed by atoms with Crippen LogP contribution in [0.25, 0.3) is 0 Å². The average molecular weight is 292 g/mol. The summed E-state index contributed by atoms with van der Waals surface area (Å²) in [5, 5.41) is 12.4. The first-order valence-electron chi connectivity index (χ1n) is 6.94. The van der Waals surface area contributed by atoms with E-state index in [0.717, 1.165) is 12.8 Å². The van der Waals surface area contributed by atoms with E-state index >= 15 is 0 Å². The molecular weight excluding hydrogens is 272 g/mol. The molecule has 1 aliphatic heterocycles. The average Bonchev–Trinajstić information content (AvgIpc) is 2.47. The molecule has 6 nitrogen and oxygen atoms in total. The molecule has 0 bridgehead atoms. The van der Waals surface area contributed by atoms with Crippen molar-refractivity contribution in [3.63, 3.8) is 0 Å². The highest BCUT2D eigenvalue weighted by Gasteiger charge is 2.21. The Hall–Kier alpha value is -2.24. The molecule has 0 atom stereocenters. The number of hydrogen-bond acceptors (Lipinski definition) is 4. The normalized spacial score (nSPS) is 15.6. The Morgan fingerprint density at radius 1 is 1.33 bits per heavy atom. The van der Waals surface area contributed by atoms with Crippen molar-refractivity contribution in [2.24, 2.45) is 0 Å². The highest BCUT2D eigenvalue weighted by atomic mass is 16.5. The first-order chi connectivity index (χ1) is 10.0. The Morgan fingerprint density at radius 3 is 2.52 bits per heavy atom. The molecule has 0 aromatic heterocycles. The van der Waals surface area contributed by atoms with Gasteiger partial charge in [-0.15, -0.1) is 0 Å². The number of piperidine rings is 1. The van der Waals surface area contributed by atoms with Gasteiger partial charge in [-0.3, -0.25) is 4.79 Å². The van der Waals surface area contributed by atoms with Gasteiger partial charge in [0, 0.05) is 26.1 Å². The van der Waals surface area contributed by atoms with Crippen LogP contribution in [0, 0.1) is 0 Å². The Labute approximate surface area is 123 Å². The lowest BCUT2D eigenvalue weighted by Gasteiger charge is -2.32. The second-order valence-electron chi connectivity index (χ2n) is 5.14.